The zero-order valence-electron chi connectivity index (χ0n) is 15.0. The van der Waals surface area contributed by atoms with E-state index in [-0.39, 0.29) is 17.2 Å². The maximum absolute atomic E-state index is 12.6. The number of aryl methyl sites for hydroxylation is 1. The summed E-state index contributed by atoms with van der Waals surface area (Å²) in [5.41, 5.74) is 0.0568. The number of hydrogen-bond donors (Lipinski definition) is 0. The first kappa shape index (κ1) is 17.9. The average molecular weight is 348 g/mol. The normalized spacial score (nSPS) is 24.1. The number of rotatable bonds is 6. The first-order valence-corrected chi connectivity index (χ1v) is 9.14. The molecule has 3 heterocycles. The molecule has 3 rings (SSSR count). The Labute approximate surface area is 148 Å². The summed E-state index contributed by atoms with van der Waals surface area (Å²) < 4.78 is 6.92. The van der Waals surface area contributed by atoms with E-state index in [2.05, 4.69) is 5.10 Å². The van der Waals surface area contributed by atoms with Crippen molar-refractivity contribution < 1.29 is 14.3 Å². The zero-order valence-corrected chi connectivity index (χ0v) is 15.0. The van der Waals surface area contributed by atoms with Gasteiger partial charge in [-0.2, -0.15) is 5.10 Å². The van der Waals surface area contributed by atoms with Crippen molar-refractivity contribution in [2.24, 2.45) is 5.41 Å². The Hall–Kier alpha value is -1.89. The molecule has 138 valence electrons. The summed E-state index contributed by atoms with van der Waals surface area (Å²) in [4.78, 5) is 28.7. The van der Waals surface area contributed by atoms with Crippen LogP contribution in [0.5, 0.6) is 0 Å². The topological polar surface area (TPSA) is 67.7 Å². The molecular weight excluding hydrogens is 320 g/mol. The van der Waals surface area contributed by atoms with Gasteiger partial charge in [-0.1, -0.05) is 0 Å². The number of nitrogens with zero attached hydrogens (tertiary/aromatic N) is 4. The summed E-state index contributed by atoms with van der Waals surface area (Å²) in [5, 5.41) is 4.15. The Morgan fingerprint density at radius 2 is 2.20 bits per heavy atom. The van der Waals surface area contributed by atoms with Gasteiger partial charge in [0.25, 0.3) is 0 Å². The molecule has 0 radical (unpaired) electrons. The van der Waals surface area contributed by atoms with Crippen LogP contribution in [0.3, 0.4) is 0 Å². The van der Waals surface area contributed by atoms with Gasteiger partial charge in [0, 0.05) is 70.5 Å². The molecule has 1 spiro atoms. The van der Waals surface area contributed by atoms with Crippen LogP contribution in [-0.2, 0) is 20.9 Å². The first-order valence-electron chi connectivity index (χ1n) is 9.14. The van der Waals surface area contributed by atoms with Gasteiger partial charge in [-0.25, -0.2) is 0 Å². The molecule has 7 heteroatoms. The highest BCUT2D eigenvalue weighted by Crippen LogP contribution is 2.39. The Balaban J connectivity index is 1.57. The number of ether oxygens (including phenoxy) is 1. The average Bonchev–Trinajstić information content (AvgIpc) is 3.14. The highest BCUT2D eigenvalue weighted by molar-refractivity contribution is 5.78. The standard InChI is InChI=1S/C18H28N4O3/c1-25-13-12-21-15-18(7-4-16(21)23)6-2-9-20(14-18)17(24)5-11-22-10-3-8-19-22/h3,8,10H,2,4-7,9,11-15H2,1H3/t18-/m0/s1. The molecule has 0 saturated carbocycles. The number of carbonyl (C=O) groups is 2. The molecule has 2 amide bonds. The predicted molar refractivity (Wildman–Crippen MR) is 92.8 cm³/mol. The summed E-state index contributed by atoms with van der Waals surface area (Å²) in [6.45, 7) is 4.16. The van der Waals surface area contributed by atoms with Crippen molar-refractivity contribution in [2.45, 2.75) is 38.6 Å². The van der Waals surface area contributed by atoms with Gasteiger partial charge in [0.1, 0.15) is 0 Å². The smallest absolute Gasteiger partial charge is 0.224 e. The summed E-state index contributed by atoms with van der Waals surface area (Å²) in [5.74, 6) is 0.403. The second kappa shape index (κ2) is 7.99. The Morgan fingerprint density at radius 3 is 2.96 bits per heavy atom. The van der Waals surface area contributed by atoms with Gasteiger partial charge in [0.15, 0.2) is 0 Å². The maximum atomic E-state index is 12.6. The van der Waals surface area contributed by atoms with Gasteiger partial charge in [0.2, 0.25) is 11.8 Å². The molecule has 1 aromatic heterocycles. The highest BCUT2D eigenvalue weighted by atomic mass is 16.5. The lowest BCUT2D eigenvalue weighted by Gasteiger charge is -2.48. The van der Waals surface area contributed by atoms with Gasteiger partial charge in [-0.15, -0.1) is 0 Å². The molecule has 0 bridgehead atoms. The van der Waals surface area contributed by atoms with Crippen LogP contribution in [0, 0.1) is 5.41 Å². The fourth-order valence-corrected chi connectivity index (χ4v) is 4.06. The molecule has 0 N–H and O–H groups in total. The number of methoxy groups -OCH3 is 1. The minimum absolute atomic E-state index is 0.0568. The predicted octanol–water partition coefficient (Wildman–Crippen LogP) is 1.15. The number of hydrogen-bond acceptors (Lipinski definition) is 4. The summed E-state index contributed by atoms with van der Waals surface area (Å²) in [6, 6.07) is 1.87. The molecule has 2 saturated heterocycles. The molecular formula is C18H28N4O3. The third-order valence-corrected chi connectivity index (χ3v) is 5.44. The second-order valence-electron chi connectivity index (χ2n) is 7.25. The lowest BCUT2D eigenvalue weighted by molar-refractivity contribution is -0.143. The van der Waals surface area contributed by atoms with Crippen molar-refractivity contribution in [3.05, 3.63) is 18.5 Å². The van der Waals surface area contributed by atoms with Crippen LogP contribution in [0.2, 0.25) is 0 Å². The Kier molecular flexibility index (Phi) is 5.73. The van der Waals surface area contributed by atoms with E-state index < -0.39 is 0 Å². The number of carbonyl (C=O) groups excluding carboxylic acids is 2. The van der Waals surface area contributed by atoms with E-state index in [0.29, 0.717) is 32.5 Å². The highest BCUT2D eigenvalue weighted by Gasteiger charge is 2.42. The van der Waals surface area contributed by atoms with E-state index in [9.17, 15) is 9.59 Å². The van der Waals surface area contributed by atoms with E-state index in [1.807, 2.05) is 22.1 Å². The van der Waals surface area contributed by atoms with Gasteiger partial charge in [-0.05, 0) is 25.3 Å². The number of amides is 2. The van der Waals surface area contributed by atoms with E-state index >= 15 is 0 Å². The number of piperidine rings is 2. The Morgan fingerprint density at radius 1 is 1.32 bits per heavy atom. The van der Waals surface area contributed by atoms with Crippen molar-refractivity contribution in [3.8, 4) is 0 Å². The van der Waals surface area contributed by atoms with Crippen LogP contribution < -0.4 is 0 Å². The fourth-order valence-electron chi connectivity index (χ4n) is 4.06. The van der Waals surface area contributed by atoms with Gasteiger partial charge < -0.3 is 14.5 Å². The van der Waals surface area contributed by atoms with Crippen molar-refractivity contribution >= 4 is 11.8 Å². The molecule has 25 heavy (non-hydrogen) atoms. The summed E-state index contributed by atoms with van der Waals surface area (Å²) >= 11 is 0. The Bertz CT molecular complexity index is 589. The molecule has 0 unspecified atom stereocenters. The van der Waals surface area contributed by atoms with Crippen LogP contribution in [0.25, 0.3) is 0 Å². The lowest BCUT2D eigenvalue weighted by atomic mass is 9.73. The minimum Gasteiger partial charge on any atom is -0.383 e. The molecule has 0 aromatic carbocycles. The maximum Gasteiger partial charge on any atom is 0.224 e. The van der Waals surface area contributed by atoms with Crippen molar-refractivity contribution in [2.75, 3.05) is 39.9 Å². The van der Waals surface area contributed by atoms with Gasteiger partial charge in [0.05, 0.1) is 6.61 Å². The third-order valence-electron chi connectivity index (χ3n) is 5.44. The quantitative estimate of drug-likeness (QED) is 0.773. The number of likely N-dealkylation sites (tertiary alicyclic amines) is 2. The van der Waals surface area contributed by atoms with Crippen LogP contribution in [-0.4, -0.2) is 71.3 Å². The molecule has 7 nitrogen and oxygen atoms in total. The monoisotopic (exact) mass is 348 g/mol. The van der Waals surface area contributed by atoms with Crippen molar-refractivity contribution in [1.29, 1.82) is 0 Å². The van der Waals surface area contributed by atoms with Gasteiger partial charge in [-0.3, -0.25) is 14.3 Å². The fraction of sp³-hybridized carbons (Fsp3) is 0.722. The molecule has 2 fully saturated rings. The van der Waals surface area contributed by atoms with E-state index in [4.69, 9.17) is 4.74 Å². The van der Waals surface area contributed by atoms with E-state index in [0.717, 1.165) is 38.9 Å². The first-order chi connectivity index (χ1) is 12.1. The van der Waals surface area contributed by atoms with Crippen LogP contribution in [0.1, 0.15) is 32.1 Å². The third kappa shape index (κ3) is 4.39. The molecule has 1 aromatic rings. The van der Waals surface area contributed by atoms with Crippen LogP contribution >= 0.6 is 0 Å². The summed E-state index contributed by atoms with van der Waals surface area (Å²) in [6.07, 6.45) is 7.66. The van der Waals surface area contributed by atoms with Crippen LogP contribution in [0.15, 0.2) is 18.5 Å². The minimum atomic E-state index is 0.0568. The molecule has 2 aliphatic rings. The largest absolute Gasteiger partial charge is 0.383 e. The lowest BCUT2D eigenvalue weighted by Crippen LogP contribution is -2.55. The van der Waals surface area contributed by atoms with Crippen molar-refractivity contribution in [1.82, 2.24) is 19.6 Å². The van der Waals surface area contributed by atoms with E-state index in [1.54, 1.807) is 18.0 Å². The zero-order chi connectivity index (χ0) is 17.7. The molecule has 2 aliphatic heterocycles. The molecule has 1 atom stereocenters. The second-order valence-corrected chi connectivity index (χ2v) is 7.25. The van der Waals surface area contributed by atoms with Crippen LogP contribution in [0.4, 0.5) is 0 Å². The molecule has 0 aliphatic carbocycles. The van der Waals surface area contributed by atoms with E-state index in [1.165, 1.54) is 0 Å². The summed E-state index contributed by atoms with van der Waals surface area (Å²) in [7, 11) is 1.66. The van der Waals surface area contributed by atoms with Gasteiger partial charge >= 0.3 is 0 Å². The van der Waals surface area contributed by atoms with Crippen molar-refractivity contribution in [3.63, 3.8) is 0 Å². The number of aromatic nitrogens is 2. The SMILES string of the molecule is COCCN1C[C@@]2(CCCN(C(=O)CCn3cccn3)C2)CCC1=O.